The third-order valence-corrected chi connectivity index (χ3v) is 3.69. The van der Waals surface area contributed by atoms with Gasteiger partial charge in [-0.05, 0) is 31.5 Å². The lowest BCUT2D eigenvalue weighted by molar-refractivity contribution is 0.339. The van der Waals surface area contributed by atoms with Gasteiger partial charge in [0.1, 0.15) is 5.75 Å². The van der Waals surface area contributed by atoms with Crippen LogP contribution in [0.25, 0.3) is 0 Å². The van der Waals surface area contributed by atoms with Crippen LogP contribution in [0.5, 0.6) is 5.75 Å². The van der Waals surface area contributed by atoms with Gasteiger partial charge in [0.25, 0.3) is 0 Å². The Bertz CT molecular complexity index is 557. The average molecular weight is 293 g/mol. The van der Waals surface area contributed by atoms with Crippen molar-refractivity contribution in [2.24, 2.45) is 0 Å². The van der Waals surface area contributed by atoms with Crippen molar-refractivity contribution in [3.63, 3.8) is 0 Å². The van der Waals surface area contributed by atoms with Gasteiger partial charge in [-0.25, -0.2) is 0 Å². The Hall–Kier alpha value is -1.69. The molecule has 0 atom stereocenters. The number of nitrogens with two attached hydrogens (primary N) is 1. The van der Waals surface area contributed by atoms with Crippen LogP contribution >= 0.6 is 11.8 Å². The summed E-state index contributed by atoms with van der Waals surface area (Å²) >= 11 is 1.58. The Kier molecular flexibility index (Phi) is 5.29. The van der Waals surface area contributed by atoms with Crippen LogP contribution < -0.4 is 10.5 Å². The third kappa shape index (κ3) is 3.90. The first-order valence-corrected chi connectivity index (χ1v) is 7.68. The fraction of sp³-hybridized carbons (Fsp3) is 0.429. The highest BCUT2D eigenvalue weighted by Crippen LogP contribution is 2.31. The summed E-state index contributed by atoms with van der Waals surface area (Å²) < 4.78 is 10.6. The van der Waals surface area contributed by atoms with E-state index in [2.05, 4.69) is 17.1 Å². The molecular formula is C14H19N3O2S. The van der Waals surface area contributed by atoms with E-state index in [0.717, 1.165) is 29.2 Å². The second kappa shape index (κ2) is 7.19. The Labute approximate surface area is 122 Å². The van der Waals surface area contributed by atoms with Crippen LogP contribution in [0.3, 0.4) is 0 Å². The minimum atomic E-state index is 0.632. The van der Waals surface area contributed by atoms with Crippen LogP contribution in [-0.4, -0.2) is 16.7 Å². The van der Waals surface area contributed by atoms with Crippen LogP contribution in [0.2, 0.25) is 0 Å². The molecule has 0 fully saturated rings. The van der Waals surface area contributed by atoms with Gasteiger partial charge in [-0.2, -0.15) is 4.98 Å². The van der Waals surface area contributed by atoms with Gasteiger partial charge in [0.05, 0.1) is 12.4 Å². The molecule has 5 nitrogen and oxygen atoms in total. The molecular weight excluding hydrogens is 274 g/mol. The van der Waals surface area contributed by atoms with Gasteiger partial charge in [-0.3, -0.25) is 0 Å². The van der Waals surface area contributed by atoms with Gasteiger partial charge < -0.3 is 15.0 Å². The molecule has 0 aliphatic rings. The van der Waals surface area contributed by atoms with E-state index in [1.807, 2.05) is 25.1 Å². The number of rotatable bonds is 7. The second-order valence-corrected chi connectivity index (χ2v) is 5.29. The van der Waals surface area contributed by atoms with Gasteiger partial charge in [0.2, 0.25) is 5.89 Å². The van der Waals surface area contributed by atoms with Crippen molar-refractivity contribution in [2.45, 2.75) is 37.3 Å². The summed E-state index contributed by atoms with van der Waals surface area (Å²) in [6.07, 6.45) is 1.82. The van der Waals surface area contributed by atoms with Gasteiger partial charge in [0, 0.05) is 17.0 Å². The zero-order valence-corrected chi connectivity index (χ0v) is 12.6. The van der Waals surface area contributed by atoms with E-state index in [1.54, 1.807) is 11.8 Å². The summed E-state index contributed by atoms with van der Waals surface area (Å²) in [5.41, 5.74) is 6.69. The molecule has 0 unspecified atom stereocenters. The molecule has 0 amide bonds. The normalized spacial score (nSPS) is 10.7. The molecule has 2 N–H and O–H groups in total. The number of hydrogen-bond donors (Lipinski definition) is 1. The Balaban J connectivity index is 2.00. The first-order chi connectivity index (χ1) is 9.72. The number of thioether (sulfide) groups is 1. The Morgan fingerprint density at radius 2 is 2.20 bits per heavy atom. The maximum Gasteiger partial charge on any atom is 0.226 e. The summed E-state index contributed by atoms with van der Waals surface area (Å²) in [5.74, 6) is 2.84. The lowest BCUT2D eigenvalue weighted by atomic mass is 10.3. The fourth-order valence-corrected chi connectivity index (χ4v) is 2.54. The van der Waals surface area contributed by atoms with Crippen molar-refractivity contribution >= 4 is 17.4 Å². The number of benzene rings is 1. The molecule has 0 spiro atoms. The van der Waals surface area contributed by atoms with Gasteiger partial charge in [-0.15, -0.1) is 11.8 Å². The lowest BCUT2D eigenvalue weighted by Gasteiger charge is -2.07. The molecule has 1 heterocycles. The number of hydrogen-bond acceptors (Lipinski definition) is 6. The van der Waals surface area contributed by atoms with Crippen molar-refractivity contribution in [1.82, 2.24) is 10.1 Å². The largest absolute Gasteiger partial charge is 0.494 e. The molecule has 0 aliphatic carbocycles. The lowest BCUT2D eigenvalue weighted by Crippen LogP contribution is -1.94. The van der Waals surface area contributed by atoms with Crippen molar-refractivity contribution in [1.29, 1.82) is 0 Å². The van der Waals surface area contributed by atoms with E-state index < -0.39 is 0 Å². The minimum Gasteiger partial charge on any atom is -0.494 e. The smallest absolute Gasteiger partial charge is 0.226 e. The highest BCUT2D eigenvalue weighted by molar-refractivity contribution is 7.98. The zero-order chi connectivity index (χ0) is 14.4. The highest BCUT2D eigenvalue weighted by atomic mass is 32.2. The fourth-order valence-electron chi connectivity index (χ4n) is 1.70. The molecule has 20 heavy (non-hydrogen) atoms. The zero-order valence-electron chi connectivity index (χ0n) is 11.8. The maximum atomic E-state index is 5.96. The number of ether oxygens (including phenoxy) is 1. The monoisotopic (exact) mass is 293 g/mol. The Morgan fingerprint density at radius 1 is 1.35 bits per heavy atom. The van der Waals surface area contributed by atoms with Crippen molar-refractivity contribution in [3.8, 4) is 5.75 Å². The van der Waals surface area contributed by atoms with E-state index in [4.69, 9.17) is 15.0 Å². The number of aromatic nitrogens is 2. The number of anilines is 1. The first kappa shape index (κ1) is 14.7. The third-order valence-electron chi connectivity index (χ3n) is 2.63. The molecule has 1 aromatic carbocycles. The molecule has 2 aromatic rings. The van der Waals surface area contributed by atoms with Gasteiger partial charge >= 0.3 is 0 Å². The standard InChI is InChI=1S/C14H19N3O2S/c1-3-5-14-16-13(17-19-14)9-20-12-8-10(18-4-2)6-7-11(12)15/h6-8H,3-5,9,15H2,1-2H3. The molecule has 2 rings (SSSR count). The maximum absolute atomic E-state index is 5.96. The van der Waals surface area contributed by atoms with E-state index in [-0.39, 0.29) is 0 Å². The predicted octanol–water partition coefficient (Wildman–Crippen LogP) is 3.30. The summed E-state index contributed by atoms with van der Waals surface area (Å²) in [6, 6.07) is 5.67. The van der Waals surface area contributed by atoms with Crippen molar-refractivity contribution in [2.75, 3.05) is 12.3 Å². The molecule has 0 saturated heterocycles. The summed E-state index contributed by atoms with van der Waals surface area (Å²) in [7, 11) is 0. The van der Waals surface area contributed by atoms with E-state index in [0.29, 0.717) is 24.1 Å². The van der Waals surface area contributed by atoms with E-state index >= 15 is 0 Å². The minimum absolute atomic E-state index is 0.632. The summed E-state index contributed by atoms with van der Waals surface area (Å²) in [6.45, 7) is 4.68. The molecule has 6 heteroatoms. The molecule has 0 bridgehead atoms. The van der Waals surface area contributed by atoms with Crippen LogP contribution in [-0.2, 0) is 12.2 Å². The van der Waals surface area contributed by atoms with Crippen LogP contribution in [0, 0.1) is 0 Å². The van der Waals surface area contributed by atoms with E-state index in [1.165, 1.54) is 0 Å². The van der Waals surface area contributed by atoms with Crippen LogP contribution in [0.4, 0.5) is 5.69 Å². The van der Waals surface area contributed by atoms with Crippen LogP contribution in [0.15, 0.2) is 27.6 Å². The number of nitrogen functional groups attached to an aromatic ring is 1. The molecule has 108 valence electrons. The van der Waals surface area contributed by atoms with Crippen molar-refractivity contribution < 1.29 is 9.26 Å². The van der Waals surface area contributed by atoms with E-state index in [9.17, 15) is 0 Å². The Morgan fingerprint density at radius 3 is 2.95 bits per heavy atom. The second-order valence-electron chi connectivity index (χ2n) is 4.28. The molecule has 0 radical (unpaired) electrons. The topological polar surface area (TPSA) is 74.2 Å². The van der Waals surface area contributed by atoms with Gasteiger partial charge in [0.15, 0.2) is 5.82 Å². The van der Waals surface area contributed by atoms with Crippen LogP contribution in [0.1, 0.15) is 32.0 Å². The average Bonchev–Trinajstić information content (AvgIpc) is 2.88. The quantitative estimate of drug-likeness (QED) is 0.623. The number of aryl methyl sites for hydroxylation is 1. The number of nitrogens with zero attached hydrogens (tertiary/aromatic N) is 2. The van der Waals surface area contributed by atoms with Gasteiger partial charge in [-0.1, -0.05) is 12.1 Å². The SMILES string of the molecule is CCCc1nc(CSc2cc(OCC)ccc2N)no1. The molecule has 1 aromatic heterocycles. The van der Waals surface area contributed by atoms with Crippen molar-refractivity contribution in [3.05, 3.63) is 29.9 Å². The molecule has 0 saturated carbocycles. The first-order valence-electron chi connectivity index (χ1n) is 6.69. The highest BCUT2D eigenvalue weighted by Gasteiger charge is 2.08. The summed E-state index contributed by atoms with van der Waals surface area (Å²) in [5, 5.41) is 3.96. The summed E-state index contributed by atoms with van der Waals surface area (Å²) in [4.78, 5) is 5.30. The molecule has 0 aliphatic heterocycles. The predicted molar refractivity (Wildman–Crippen MR) is 79.9 cm³/mol.